The second-order valence-corrected chi connectivity index (χ2v) is 11.3. The first-order valence-electron chi connectivity index (χ1n) is 15.7. The van der Waals surface area contributed by atoms with E-state index in [0.717, 1.165) is 53.2 Å². The summed E-state index contributed by atoms with van der Waals surface area (Å²) in [6.45, 7) is 7.17. The zero-order chi connectivity index (χ0) is 31.3. The lowest BCUT2D eigenvalue weighted by atomic mass is 9.77. The highest BCUT2D eigenvalue weighted by atomic mass is 16.6. The van der Waals surface area contributed by atoms with Crippen LogP contribution in [0.25, 0.3) is 6.08 Å². The minimum Gasteiger partial charge on any atom is -0.494 e. The molecule has 1 saturated heterocycles. The Bertz CT molecular complexity index is 1600. The predicted molar refractivity (Wildman–Crippen MR) is 173 cm³/mol. The topological polar surface area (TPSA) is 107 Å². The second kappa shape index (κ2) is 13.5. The summed E-state index contributed by atoms with van der Waals surface area (Å²) in [5.41, 5.74) is 4.59. The van der Waals surface area contributed by atoms with Crippen LogP contribution < -0.4 is 14.4 Å². The van der Waals surface area contributed by atoms with Crippen molar-refractivity contribution in [2.45, 2.75) is 39.2 Å². The number of benzene rings is 3. The zero-order valence-electron chi connectivity index (χ0n) is 25.7. The summed E-state index contributed by atoms with van der Waals surface area (Å²) in [5, 5.41) is 18.7. The van der Waals surface area contributed by atoms with E-state index < -0.39 is 4.92 Å². The van der Waals surface area contributed by atoms with Gasteiger partial charge in [-0.15, -0.1) is 0 Å². The van der Waals surface area contributed by atoms with Crippen molar-refractivity contribution in [1.29, 1.82) is 0 Å². The van der Waals surface area contributed by atoms with E-state index in [1.807, 2.05) is 67.3 Å². The molecule has 3 aromatic rings. The van der Waals surface area contributed by atoms with Gasteiger partial charge >= 0.3 is 0 Å². The maximum Gasteiger partial charge on any atom is 0.293 e. The standard InChI is InChI=1S/C35H38N4O6/c1-3-44-28-13-8-24(9-14-28)22-26-6-5-7-30-33(26)36-38(34(30)25-10-15-29(16-11-25)45-4-2)35(40)27-12-17-31(32(23-27)39(41)42)37-18-20-43-21-19-37/h8-17,22-23,30,34H,3-7,18-21H2,1-2H3/b26-22+/t30-,34-/m0/s1. The summed E-state index contributed by atoms with van der Waals surface area (Å²) in [6, 6.07) is 20.2. The molecule has 3 aliphatic rings. The van der Waals surface area contributed by atoms with Crippen LogP contribution in [0.4, 0.5) is 11.4 Å². The van der Waals surface area contributed by atoms with Gasteiger partial charge in [-0.25, -0.2) is 5.01 Å². The first-order chi connectivity index (χ1) is 22.0. The molecule has 234 valence electrons. The highest BCUT2D eigenvalue weighted by Crippen LogP contribution is 2.45. The third-order valence-electron chi connectivity index (χ3n) is 8.55. The molecular formula is C35H38N4O6. The van der Waals surface area contributed by atoms with Crippen molar-refractivity contribution >= 4 is 29.1 Å². The molecule has 0 spiro atoms. The Morgan fingerprint density at radius 3 is 2.31 bits per heavy atom. The largest absolute Gasteiger partial charge is 0.494 e. The van der Waals surface area contributed by atoms with Crippen LogP contribution in [0, 0.1) is 16.0 Å². The quantitative estimate of drug-likeness (QED) is 0.197. The zero-order valence-corrected chi connectivity index (χ0v) is 25.7. The van der Waals surface area contributed by atoms with E-state index >= 15 is 0 Å². The van der Waals surface area contributed by atoms with Gasteiger partial charge in [0.2, 0.25) is 0 Å². The fraction of sp³-hybridized carbons (Fsp3) is 0.371. The molecule has 0 radical (unpaired) electrons. The SMILES string of the molecule is CCOc1ccc(/C=C2\CCC[C@H]3C2=NN(C(=O)c2ccc(N4CCOCC4)c([N+](=O)[O-])c2)[C@H]3c2ccc(OCC)cc2)cc1. The van der Waals surface area contributed by atoms with Gasteiger partial charge in [-0.3, -0.25) is 14.9 Å². The van der Waals surface area contributed by atoms with Crippen LogP contribution in [-0.2, 0) is 4.74 Å². The minimum atomic E-state index is -0.418. The number of allylic oxidation sites excluding steroid dienone is 1. The van der Waals surface area contributed by atoms with Crippen molar-refractivity contribution in [3.05, 3.63) is 99.1 Å². The van der Waals surface area contributed by atoms with Gasteiger partial charge in [-0.05, 0) is 92.3 Å². The van der Waals surface area contributed by atoms with Crippen LogP contribution in [0.3, 0.4) is 0 Å². The number of morpholine rings is 1. The maximum absolute atomic E-state index is 14.3. The van der Waals surface area contributed by atoms with E-state index in [-0.39, 0.29) is 29.1 Å². The molecule has 45 heavy (non-hydrogen) atoms. The van der Waals surface area contributed by atoms with Gasteiger partial charge in [0.1, 0.15) is 17.2 Å². The van der Waals surface area contributed by atoms with E-state index in [4.69, 9.17) is 19.3 Å². The molecule has 2 heterocycles. The Morgan fingerprint density at radius 2 is 1.67 bits per heavy atom. The van der Waals surface area contributed by atoms with Gasteiger partial charge < -0.3 is 19.1 Å². The monoisotopic (exact) mass is 610 g/mol. The molecule has 10 heteroatoms. The molecule has 3 aromatic carbocycles. The second-order valence-electron chi connectivity index (χ2n) is 11.3. The van der Waals surface area contributed by atoms with Crippen molar-refractivity contribution in [3.8, 4) is 11.5 Å². The average Bonchev–Trinajstić information content (AvgIpc) is 3.47. The van der Waals surface area contributed by atoms with E-state index in [2.05, 4.69) is 6.08 Å². The van der Waals surface area contributed by atoms with Crippen molar-refractivity contribution in [2.24, 2.45) is 11.0 Å². The Hall–Kier alpha value is -4.70. The molecule has 0 bridgehead atoms. The number of nitro groups is 1. The molecule has 6 rings (SSSR count). The van der Waals surface area contributed by atoms with Crippen molar-refractivity contribution in [3.63, 3.8) is 0 Å². The third kappa shape index (κ3) is 6.42. The molecule has 2 aliphatic heterocycles. The summed E-state index contributed by atoms with van der Waals surface area (Å²) in [5.74, 6) is 1.19. The van der Waals surface area contributed by atoms with Crippen molar-refractivity contribution in [1.82, 2.24) is 5.01 Å². The number of hydrogen-bond donors (Lipinski definition) is 0. The Balaban J connectivity index is 1.38. The summed E-state index contributed by atoms with van der Waals surface area (Å²) >= 11 is 0. The summed E-state index contributed by atoms with van der Waals surface area (Å²) < 4.78 is 16.7. The lowest BCUT2D eigenvalue weighted by Crippen LogP contribution is -2.36. The van der Waals surface area contributed by atoms with Crippen LogP contribution >= 0.6 is 0 Å². The van der Waals surface area contributed by atoms with Gasteiger partial charge in [0, 0.05) is 30.6 Å². The van der Waals surface area contributed by atoms with Gasteiger partial charge in [-0.1, -0.05) is 24.3 Å². The van der Waals surface area contributed by atoms with Gasteiger partial charge in [-0.2, -0.15) is 5.10 Å². The highest BCUT2D eigenvalue weighted by Gasteiger charge is 2.44. The number of hydrazone groups is 1. The minimum absolute atomic E-state index is 0.0165. The number of carbonyl (C=O) groups excluding carboxylic acids is 1. The van der Waals surface area contributed by atoms with Crippen LogP contribution in [0.1, 0.15) is 60.6 Å². The molecule has 0 unspecified atom stereocenters. The lowest BCUT2D eigenvalue weighted by Gasteiger charge is -2.30. The van der Waals surface area contributed by atoms with Gasteiger partial charge in [0.25, 0.3) is 11.6 Å². The van der Waals surface area contributed by atoms with E-state index in [1.165, 1.54) is 6.07 Å². The number of ether oxygens (including phenoxy) is 3. The Labute approximate surface area is 263 Å². The molecule has 1 aliphatic carbocycles. The Morgan fingerprint density at radius 1 is 1.00 bits per heavy atom. The molecule has 1 saturated carbocycles. The first kappa shape index (κ1) is 30.3. The molecule has 0 aromatic heterocycles. The lowest BCUT2D eigenvalue weighted by molar-refractivity contribution is -0.384. The molecule has 0 N–H and O–H groups in total. The van der Waals surface area contributed by atoms with Crippen LogP contribution in [0.2, 0.25) is 0 Å². The number of rotatable bonds is 9. The molecular weight excluding hydrogens is 572 g/mol. The number of fused-ring (bicyclic) bond motifs is 1. The highest BCUT2D eigenvalue weighted by molar-refractivity contribution is 6.09. The maximum atomic E-state index is 14.3. The van der Waals surface area contributed by atoms with Gasteiger partial charge in [0.05, 0.1) is 43.1 Å². The molecule has 1 amide bonds. The van der Waals surface area contributed by atoms with Crippen LogP contribution in [0.15, 0.2) is 77.4 Å². The number of nitrogens with zero attached hydrogens (tertiary/aromatic N) is 4. The normalized spacial score (nSPS) is 20.5. The molecule has 10 nitrogen and oxygen atoms in total. The smallest absolute Gasteiger partial charge is 0.293 e. The van der Waals surface area contributed by atoms with E-state index in [1.54, 1.807) is 17.1 Å². The predicted octanol–water partition coefficient (Wildman–Crippen LogP) is 6.67. The van der Waals surface area contributed by atoms with Crippen LogP contribution in [-0.4, -0.2) is 61.1 Å². The fourth-order valence-electron chi connectivity index (χ4n) is 6.46. The number of hydrogen-bond acceptors (Lipinski definition) is 8. The van der Waals surface area contributed by atoms with Crippen molar-refractivity contribution < 1.29 is 23.9 Å². The summed E-state index contributed by atoms with van der Waals surface area (Å²) in [6.07, 6.45) is 4.82. The molecule has 2 atom stereocenters. The number of anilines is 1. The summed E-state index contributed by atoms with van der Waals surface area (Å²) in [4.78, 5) is 28.0. The van der Waals surface area contributed by atoms with E-state index in [9.17, 15) is 14.9 Å². The number of amides is 1. The molecule has 2 fully saturated rings. The summed E-state index contributed by atoms with van der Waals surface area (Å²) in [7, 11) is 0. The Kier molecular flexibility index (Phi) is 9.11. The third-order valence-corrected chi connectivity index (χ3v) is 8.55. The number of carbonyl (C=O) groups is 1. The first-order valence-corrected chi connectivity index (χ1v) is 15.7. The van der Waals surface area contributed by atoms with E-state index in [0.29, 0.717) is 45.2 Å². The fourth-order valence-corrected chi connectivity index (χ4v) is 6.46. The van der Waals surface area contributed by atoms with Crippen LogP contribution in [0.5, 0.6) is 11.5 Å². The average molecular weight is 611 g/mol. The van der Waals surface area contributed by atoms with Gasteiger partial charge in [0.15, 0.2) is 0 Å². The number of nitro benzene ring substituents is 1. The van der Waals surface area contributed by atoms with Crippen molar-refractivity contribution in [2.75, 3.05) is 44.4 Å².